The molecule has 1 heterocycles. The fourth-order valence-electron chi connectivity index (χ4n) is 2.01. The summed E-state index contributed by atoms with van der Waals surface area (Å²) in [6, 6.07) is 2.33. The summed E-state index contributed by atoms with van der Waals surface area (Å²) in [7, 11) is -3.75. The molecule has 0 unspecified atom stereocenters. The van der Waals surface area contributed by atoms with Gasteiger partial charge in [0.1, 0.15) is 0 Å². The highest BCUT2D eigenvalue weighted by Gasteiger charge is 2.29. The molecule has 0 saturated carbocycles. The van der Waals surface area contributed by atoms with Gasteiger partial charge < -0.3 is 5.32 Å². The van der Waals surface area contributed by atoms with Crippen molar-refractivity contribution in [2.45, 2.75) is 11.8 Å². The van der Waals surface area contributed by atoms with E-state index in [0.29, 0.717) is 26.2 Å². The summed E-state index contributed by atoms with van der Waals surface area (Å²) in [5.41, 5.74) is -0.0258. The van der Waals surface area contributed by atoms with Gasteiger partial charge in [0.05, 0.1) is 14.8 Å². The monoisotopic (exact) mass is 355 g/mol. The Hall–Kier alpha value is -0.930. The topological polar surface area (TPSA) is 92.6 Å². The fraction of sp³-hybridized carbons (Fsp3) is 0.455. The lowest BCUT2D eigenvalue weighted by Gasteiger charge is -2.26. The van der Waals surface area contributed by atoms with Gasteiger partial charge in [-0.15, -0.1) is 12.4 Å². The molecule has 1 aromatic rings. The van der Waals surface area contributed by atoms with Crippen LogP contribution in [-0.4, -0.2) is 43.8 Å². The predicted octanol–water partition coefficient (Wildman–Crippen LogP) is 1.57. The van der Waals surface area contributed by atoms with Crippen molar-refractivity contribution in [3.63, 3.8) is 0 Å². The van der Waals surface area contributed by atoms with Gasteiger partial charge in [0, 0.05) is 37.8 Å². The average Bonchev–Trinajstić information content (AvgIpc) is 2.42. The van der Waals surface area contributed by atoms with E-state index in [1.807, 2.05) is 0 Å². The number of benzene rings is 1. The third-order valence-corrected chi connectivity index (χ3v) is 5.47. The lowest BCUT2D eigenvalue weighted by molar-refractivity contribution is -0.385. The zero-order valence-corrected chi connectivity index (χ0v) is 13.6. The molecule has 1 aromatic carbocycles. The van der Waals surface area contributed by atoms with E-state index in [1.165, 1.54) is 17.3 Å². The molecule has 7 nitrogen and oxygen atoms in total. The zero-order valence-electron chi connectivity index (χ0n) is 11.2. The summed E-state index contributed by atoms with van der Waals surface area (Å²) < 4.78 is 26.2. The van der Waals surface area contributed by atoms with Crippen LogP contribution in [0.1, 0.15) is 5.56 Å². The highest BCUT2D eigenvalue weighted by atomic mass is 35.5. The van der Waals surface area contributed by atoms with E-state index in [9.17, 15) is 18.5 Å². The summed E-state index contributed by atoms with van der Waals surface area (Å²) in [6.07, 6.45) is 0. The van der Waals surface area contributed by atoms with Crippen LogP contribution in [0.2, 0.25) is 5.02 Å². The minimum Gasteiger partial charge on any atom is -0.314 e. The number of nitrogens with zero attached hydrogens (tertiary/aromatic N) is 2. The minimum atomic E-state index is -3.75. The van der Waals surface area contributed by atoms with Crippen LogP contribution in [0.3, 0.4) is 0 Å². The third kappa shape index (κ3) is 3.64. The van der Waals surface area contributed by atoms with Crippen molar-refractivity contribution in [1.82, 2.24) is 9.62 Å². The van der Waals surface area contributed by atoms with E-state index in [-0.39, 0.29) is 33.6 Å². The molecule has 1 N–H and O–H groups in total. The average molecular weight is 356 g/mol. The van der Waals surface area contributed by atoms with Gasteiger partial charge in [-0.3, -0.25) is 10.1 Å². The van der Waals surface area contributed by atoms with Gasteiger partial charge in [-0.25, -0.2) is 8.42 Å². The molecule has 0 radical (unpaired) electrons. The Bertz CT molecular complexity index is 645. The first kappa shape index (κ1) is 18.1. The molecule has 1 fully saturated rings. The Morgan fingerprint density at radius 1 is 1.33 bits per heavy atom. The zero-order chi connectivity index (χ0) is 14.9. The van der Waals surface area contributed by atoms with Crippen LogP contribution >= 0.6 is 24.0 Å². The van der Waals surface area contributed by atoms with Crippen LogP contribution in [0.4, 0.5) is 5.69 Å². The van der Waals surface area contributed by atoms with Crippen molar-refractivity contribution in [2.24, 2.45) is 0 Å². The Labute approximate surface area is 133 Å². The highest BCUT2D eigenvalue weighted by Crippen LogP contribution is 2.30. The normalized spacial score (nSPS) is 16.3. The van der Waals surface area contributed by atoms with Crippen LogP contribution in [-0.2, 0) is 10.0 Å². The van der Waals surface area contributed by atoms with Gasteiger partial charge in [0.25, 0.3) is 5.69 Å². The van der Waals surface area contributed by atoms with Crippen molar-refractivity contribution < 1.29 is 13.3 Å². The molecule has 1 aliphatic heterocycles. The molecule has 0 aromatic heterocycles. The molecular weight excluding hydrogens is 341 g/mol. The predicted molar refractivity (Wildman–Crippen MR) is 81.7 cm³/mol. The maximum atomic E-state index is 12.4. The number of piperazine rings is 1. The summed E-state index contributed by atoms with van der Waals surface area (Å²) in [5, 5.41) is 14.1. The SMILES string of the molecule is Cc1c(Cl)cc(S(=O)(=O)N2CCNCC2)cc1[N+](=O)[O-].Cl. The number of nitrogens with one attached hydrogen (secondary N) is 1. The van der Waals surface area contributed by atoms with E-state index in [4.69, 9.17) is 11.6 Å². The number of sulfonamides is 1. The smallest absolute Gasteiger partial charge is 0.275 e. The maximum Gasteiger partial charge on any atom is 0.275 e. The molecular formula is C11H15Cl2N3O4S. The first-order valence-electron chi connectivity index (χ1n) is 5.99. The Kier molecular flexibility index (Phi) is 5.94. The molecule has 118 valence electrons. The summed E-state index contributed by atoms with van der Waals surface area (Å²) >= 11 is 5.91. The van der Waals surface area contributed by atoms with Gasteiger partial charge in [-0.1, -0.05) is 11.6 Å². The fourth-order valence-corrected chi connectivity index (χ4v) is 3.78. The first-order chi connectivity index (χ1) is 9.34. The number of rotatable bonds is 3. The lowest BCUT2D eigenvalue weighted by Crippen LogP contribution is -2.46. The molecule has 2 rings (SSSR count). The molecule has 10 heteroatoms. The van der Waals surface area contributed by atoms with Gasteiger partial charge in [-0.2, -0.15) is 4.31 Å². The summed E-state index contributed by atoms with van der Waals surface area (Å²) in [5.74, 6) is 0. The second kappa shape index (κ2) is 6.89. The van der Waals surface area contributed by atoms with Crippen LogP contribution in [0.15, 0.2) is 17.0 Å². The number of nitro benzene ring substituents is 1. The second-order valence-corrected chi connectivity index (χ2v) is 6.81. The van der Waals surface area contributed by atoms with Crippen molar-refractivity contribution in [1.29, 1.82) is 0 Å². The van der Waals surface area contributed by atoms with Crippen molar-refractivity contribution >= 4 is 39.7 Å². The Morgan fingerprint density at radius 2 is 1.90 bits per heavy atom. The molecule has 0 atom stereocenters. The van der Waals surface area contributed by atoms with Crippen LogP contribution in [0.5, 0.6) is 0 Å². The first-order valence-corrected chi connectivity index (χ1v) is 7.81. The van der Waals surface area contributed by atoms with Gasteiger partial charge in [0.2, 0.25) is 10.0 Å². The maximum absolute atomic E-state index is 12.4. The number of halogens is 2. The Balaban J connectivity index is 0.00000220. The number of hydrogen-bond acceptors (Lipinski definition) is 5. The molecule has 21 heavy (non-hydrogen) atoms. The molecule has 0 aliphatic carbocycles. The summed E-state index contributed by atoms with van der Waals surface area (Å²) in [4.78, 5) is 10.2. The second-order valence-electron chi connectivity index (χ2n) is 4.46. The standard InChI is InChI=1S/C11H14ClN3O4S.ClH/c1-8-10(12)6-9(7-11(8)15(16)17)20(18,19)14-4-2-13-3-5-14;/h6-7,13H,2-5H2,1H3;1H. The minimum absolute atomic E-state index is 0. The molecule has 1 aliphatic rings. The quantitative estimate of drug-likeness (QED) is 0.656. The largest absolute Gasteiger partial charge is 0.314 e. The number of hydrogen-bond donors (Lipinski definition) is 1. The molecule has 1 saturated heterocycles. The van der Waals surface area contributed by atoms with Gasteiger partial charge in [-0.05, 0) is 13.0 Å². The van der Waals surface area contributed by atoms with E-state index >= 15 is 0 Å². The Morgan fingerprint density at radius 3 is 2.43 bits per heavy atom. The van der Waals surface area contributed by atoms with Crippen molar-refractivity contribution in [3.05, 3.63) is 32.8 Å². The van der Waals surface area contributed by atoms with Crippen molar-refractivity contribution in [2.75, 3.05) is 26.2 Å². The highest BCUT2D eigenvalue weighted by molar-refractivity contribution is 7.89. The number of nitro groups is 1. The van der Waals surface area contributed by atoms with Crippen LogP contribution in [0.25, 0.3) is 0 Å². The molecule has 0 bridgehead atoms. The molecule has 0 spiro atoms. The van der Waals surface area contributed by atoms with Crippen molar-refractivity contribution in [3.8, 4) is 0 Å². The summed E-state index contributed by atoms with van der Waals surface area (Å²) in [6.45, 7) is 3.27. The van der Waals surface area contributed by atoms with E-state index in [2.05, 4.69) is 5.32 Å². The van der Waals surface area contributed by atoms with E-state index in [1.54, 1.807) is 0 Å². The van der Waals surface area contributed by atoms with E-state index < -0.39 is 14.9 Å². The van der Waals surface area contributed by atoms with Gasteiger partial charge >= 0.3 is 0 Å². The van der Waals surface area contributed by atoms with Gasteiger partial charge in [0.15, 0.2) is 0 Å². The van der Waals surface area contributed by atoms with Crippen LogP contribution < -0.4 is 5.32 Å². The third-order valence-electron chi connectivity index (χ3n) is 3.20. The lowest BCUT2D eigenvalue weighted by atomic mass is 10.2. The van der Waals surface area contributed by atoms with Crippen LogP contribution in [0, 0.1) is 17.0 Å². The molecule has 0 amide bonds. The van der Waals surface area contributed by atoms with E-state index in [0.717, 1.165) is 6.07 Å².